The molecule has 2 heterocycles. The maximum atomic E-state index is 10.7. The summed E-state index contributed by atoms with van der Waals surface area (Å²) in [5.74, 6) is -0.302. The summed E-state index contributed by atoms with van der Waals surface area (Å²) >= 11 is 1.50. The summed E-state index contributed by atoms with van der Waals surface area (Å²) < 4.78 is 5.14. The zero-order valence-corrected chi connectivity index (χ0v) is 8.87. The van der Waals surface area contributed by atoms with Crippen LogP contribution in [0.15, 0.2) is 22.0 Å². The number of nitrogens with zero attached hydrogens (tertiary/aromatic N) is 1. The molecule has 0 aliphatic rings. The molecule has 0 aliphatic heterocycles. The van der Waals surface area contributed by atoms with Gasteiger partial charge in [0, 0.05) is 5.56 Å². The number of rotatable bonds is 3. The average molecular weight is 223 g/mol. The van der Waals surface area contributed by atoms with E-state index in [0.717, 1.165) is 4.88 Å². The standard InChI is InChI=1S/C10H9NO3S/c1-6-7(5-9(12)13)10(14-11-6)8-3-2-4-15-8/h2-4H,5H2,1H3,(H,12,13). The summed E-state index contributed by atoms with van der Waals surface area (Å²) in [6.45, 7) is 1.75. The van der Waals surface area contributed by atoms with Crippen LogP contribution < -0.4 is 0 Å². The number of aromatic nitrogens is 1. The second-order valence-corrected chi connectivity index (χ2v) is 4.07. The number of thiophene rings is 1. The highest BCUT2D eigenvalue weighted by molar-refractivity contribution is 7.13. The molecule has 2 aromatic heterocycles. The first-order valence-electron chi connectivity index (χ1n) is 4.39. The van der Waals surface area contributed by atoms with E-state index in [1.807, 2.05) is 17.5 Å². The van der Waals surface area contributed by atoms with Crippen LogP contribution in [0.3, 0.4) is 0 Å². The Hall–Kier alpha value is -1.62. The predicted octanol–water partition coefficient (Wildman–Crippen LogP) is 2.34. The van der Waals surface area contributed by atoms with Crippen LogP contribution in [0.4, 0.5) is 0 Å². The van der Waals surface area contributed by atoms with E-state index >= 15 is 0 Å². The van der Waals surface area contributed by atoms with Gasteiger partial charge in [-0.25, -0.2) is 0 Å². The first-order chi connectivity index (χ1) is 7.18. The van der Waals surface area contributed by atoms with Crippen molar-refractivity contribution in [2.45, 2.75) is 13.3 Å². The molecule has 0 amide bonds. The van der Waals surface area contributed by atoms with E-state index in [4.69, 9.17) is 9.63 Å². The lowest BCUT2D eigenvalue weighted by atomic mass is 10.1. The highest BCUT2D eigenvalue weighted by Gasteiger charge is 2.17. The maximum absolute atomic E-state index is 10.7. The van der Waals surface area contributed by atoms with Crippen LogP contribution in [0, 0.1) is 6.92 Å². The van der Waals surface area contributed by atoms with Gasteiger partial charge in [0.25, 0.3) is 0 Å². The van der Waals surface area contributed by atoms with Crippen molar-refractivity contribution in [2.75, 3.05) is 0 Å². The Morgan fingerprint density at radius 3 is 3.07 bits per heavy atom. The summed E-state index contributed by atoms with van der Waals surface area (Å²) in [5, 5.41) is 14.5. The van der Waals surface area contributed by atoms with E-state index in [-0.39, 0.29) is 6.42 Å². The van der Waals surface area contributed by atoms with Gasteiger partial charge in [-0.15, -0.1) is 11.3 Å². The fourth-order valence-electron chi connectivity index (χ4n) is 1.35. The van der Waals surface area contributed by atoms with Gasteiger partial charge in [0.2, 0.25) is 0 Å². The first-order valence-corrected chi connectivity index (χ1v) is 5.27. The molecule has 0 saturated carbocycles. The number of carbonyl (C=O) groups is 1. The van der Waals surface area contributed by atoms with Crippen LogP contribution in [0.2, 0.25) is 0 Å². The Labute approximate surface area is 90.1 Å². The van der Waals surface area contributed by atoms with E-state index in [9.17, 15) is 4.79 Å². The molecule has 0 aliphatic carbocycles. The third kappa shape index (κ3) is 1.92. The minimum atomic E-state index is -0.876. The number of aliphatic carboxylic acids is 1. The van der Waals surface area contributed by atoms with E-state index in [1.54, 1.807) is 6.92 Å². The van der Waals surface area contributed by atoms with Gasteiger partial charge in [0.05, 0.1) is 17.0 Å². The number of aryl methyl sites for hydroxylation is 1. The molecule has 5 heteroatoms. The summed E-state index contributed by atoms with van der Waals surface area (Å²) in [5.41, 5.74) is 1.30. The fourth-order valence-corrected chi connectivity index (χ4v) is 2.08. The molecule has 0 radical (unpaired) electrons. The lowest BCUT2D eigenvalue weighted by Gasteiger charge is -1.95. The Morgan fingerprint density at radius 2 is 2.47 bits per heavy atom. The molecular weight excluding hydrogens is 214 g/mol. The largest absolute Gasteiger partial charge is 0.481 e. The normalized spacial score (nSPS) is 10.5. The van der Waals surface area contributed by atoms with E-state index < -0.39 is 5.97 Å². The third-order valence-corrected chi connectivity index (χ3v) is 2.93. The lowest BCUT2D eigenvalue weighted by Crippen LogP contribution is -2.01. The van der Waals surface area contributed by atoms with Crippen molar-refractivity contribution in [3.8, 4) is 10.6 Å². The molecule has 1 N–H and O–H groups in total. The highest BCUT2D eigenvalue weighted by atomic mass is 32.1. The Bertz CT molecular complexity index is 473. The van der Waals surface area contributed by atoms with Gasteiger partial charge < -0.3 is 9.63 Å². The van der Waals surface area contributed by atoms with Gasteiger partial charge in [-0.1, -0.05) is 11.2 Å². The van der Waals surface area contributed by atoms with Crippen molar-refractivity contribution in [2.24, 2.45) is 0 Å². The Kier molecular flexibility index (Phi) is 2.55. The molecule has 0 fully saturated rings. The quantitative estimate of drug-likeness (QED) is 0.867. The van der Waals surface area contributed by atoms with Crippen molar-refractivity contribution >= 4 is 17.3 Å². The molecule has 2 aromatic rings. The molecule has 0 aromatic carbocycles. The first kappa shape index (κ1) is 9.92. The molecular formula is C10H9NO3S. The van der Waals surface area contributed by atoms with E-state index in [2.05, 4.69) is 5.16 Å². The SMILES string of the molecule is Cc1noc(-c2cccs2)c1CC(=O)O. The Balaban J connectivity index is 2.44. The molecule has 78 valence electrons. The van der Waals surface area contributed by atoms with Gasteiger partial charge in [-0.05, 0) is 18.4 Å². The second-order valence-electron chi connectivity index (χ2n) is 3.12. The van der Waals surface area contributed by atoms with Crippen LogP contribution in [0.5, 0.6) is 0 Å². The minimum absolute atomic E-state index is 0.0530. The third-order valence-electron chi connectivity index (χ3n) is 2.06. The van der Waals surface area contributed by atoms with Crippen molar-refractivity contribution in [3.05, 3.63) is 28.8 Å². The summed E-state index contributed by atoms with van der Waals surface area (Å²) in [6.07, 6.45) is -0.0530. The zero-order chi connectivity index (χ0) is 10.8. The second kappa shape index (κ2) is 3.86. The fraction of sp³-hybridized carbons (Fsp3) is 0.200. The highest BCUT2D eigenvalue weighted by Crippen LogP contribution is 2.30. The van der Waals surface area contributed by atoms with Crippen LogP contribution in [-0.2, 0) is 11.2 Å². The van der Waals surface area contributed by atoms with E-state index in [0.29, 0.717) is 17.0 Å². The van der Waals surface area contributed by atoms with Crippen molar-refractivity contribution in [1.82, 2.24) is 5.16 Å². The van der Waals surface area contributed by atoms with Gasteiger partial charge in [-0.3, -0.25) is 4.79 Å². The zero-order valence-electron chi connectivity index (χ0n) is 8.06. The Morgan fingerprint density at radius 1 is 1.67 bits per heavy atom. The van der Waals surface area contributed by atoms with Crippen LogP contribution >= 0.6 is 11.3 Å². The molecule has 15 heavy (non-hydrogen) atoms. The molecule has 0 spiro atoms. The molecule has 0 saturated heterocycles. The molecule has 0 atom stereocenters. The van der Waals surface area contributed by atoms with Gasteiger partial charge in [0.1, 0.15) is 0 Å². The van der Waals surface area contributed by atoms with E-state index in [1.165, 1.54) is 11.3 Å². The maximum Gasteiger partial charge on any atom is 0.308 e. The predicted molar refractivity (Wildman–Crippen MR) is 55.9 cm³/mol. The molecule has 0 bridgehead atoms. The summed E-state index contributed by atoms with van der Waals surface area (Å²) in [4.78, 5) is 11.6. The van der Waals surface area contributed by atoms with Crippen LogP contribution in [-0.4, -0.2) is 16.2 Å². The minimum Gasteiger partial charge on any atom is -0.481 e. The smallest absolute Gasteiger partial charge is 0.308 e. The summed E-state index contributed by atoms with van der Waals surface area (Å²) in [6, 6.07) is 3.78. The van der Waals surface area contributed by atoms with Crippen molar-refractivity contribution in [3.63, 3.8) is 0 Å². The average Bonchev–Trinajstić information content (AvgIpc) is 2.76. The van der Waals surface area contributed by atoms with Crippen molar-refractivity contribution in [1.29, 1.82) is 0 Å². The number of carboxylic acids is 1. The molecule has 0 unspecified atom stereocenters. The number of carboxylic acid groups (broad SMARTS) is 1. The van der Waals surface area contributed by atoms with Crippen LogP contribution in [0.25, 0.3) is 10.6 Å². The van der Waals surface area contributed by atoms with Gasteiger partial charge in [-0.2, -0.15) is 0 Å². The van der Waals surface area contributed by atoms with Gasteiger partial charge in [0.15, 0.2) is 5.76 Å². The van der Waals surface area contributed by atoms with Crippen molar-refractivity contribution < 1.29 is 14.4 Å². The van der Waals surface area contributed by atoms with Gasteiger partial charge >= 0.3 is 5.97 Å². The molecule has 2 rings (SSSR count). The molecule has 4 nitrogen and oxygen atoms in total. The summed E-state index contributed by atoms with van der Waals surface area (Å²) in [7, 11) is 0. The van der Waals surface area contributed by atoms with Crippen LogP contribution in [0.1, 0.15) is 11.3 Å². The number of hydrogen-bond acceptors (Lipinski definition) is 4. The monoisotopic (exact) mass is 223 g/mol. The lowest BCUT2D eigenvalue weighted by molar-refractivity contribution is -0.136. The topological polar surface area (TPSA) is 63.3 Å². The number of hydrogen-bond donors (Lipinski definition) is 1.